The van der Waals surface area contributed by atoms with E-state index in [0.29, 0.717) is 51.6 Å². The van der Waals surface area contributed by atoms with Crippen molar-refractivity contribution in [3.8, 4) is 0 Å². The first kappa shape index (κ1) is 26.0. The Kier molecular flexibility index (Phi) is 9.18. The Labute approximate surface area is 203 Å². The summed E-state index contributed by atoms with van der Waals surface area (Å²) in [4.78, 5) is 29.4. The van der Waals surface area contributed by atoms with Gasteiger partial charge in [-0.3, -0.25) is 9.59 Å². The number of nitrogens with zero attached hydrogens (tertiary/aromatic N) is 3. The first-order chi connectivity index (χ1) is 15.8. The van der Waals surface area contributed by atoms with Crippen molar-refractivity contribution in [3.05, 3.63) is 28.8 Å². The van der Waals surface area contributed by atoms with Crippen molar-refractivity contribution >= 4 is 33.4 Å². The largest absolute Gasteiger partial charge is 0.339 e. The average Bonchev–Trinajstić information content (AvgIpc) is 2.83. The van der Waals surface area contributed by atoms with E-state index in [9.17, 15) is 18.0 Å². The molecule has 0 unspecified atom stereocenters. The third-order valence-corrected chi connectivity index (χ3v) is 9.30. The van der Waals surface area contributed by atoms with E-state index in [-0.39, 0.29) is 27.3 Å². The van der Waals surface area contributed by atoms with Crippen LogP contribution in [0, 0.1) is 5.92 Å². The Bertz CT molecular complexity index is 935. The molecule has 0 N–H and O–H groups in total. The predicted octanol–water partition coefficient (Wildman–Crippen LogP) is 4.02. The molecule has 0 bridgehead atoms. The van der Waals surface area contributed by atoms with Crippen molar-refractivity contribution in [2.45, 2.75) is 63.7 Å². The smallest absolute Gasteiger partial charge is 0.255 e. The van der Waals surface area contributed by atoms with Crippen molar-refractivity contribution in [1.82, 2.24) is 14.1 Å². The highest BCUT2D eigenvalue weighted by molar-refractivity contribution is 7.89. The topological polar surface area (TPSA) is 78.0 Å². The summed E-state index contributed by atoms with van der Waals surface area (Å²) in [6.07, 6.45) is 7.88. The highest BCUT2D eigenvalue weighted by Gasteiger charge is 2.28. The molecule has 3 rings (SSSR count). The van der Waals surface area contributed by atoms with E-state index in [1.54, 1.807) is 18.7 Å². The fourth-order valence-corrected chi connectivity index (χ4v) is 6.52. The number of rotatable bonds is 8. The lowest BCUT2D eigenvalue weighted by Crippen LogP contribution is -2.50. The number of carbonyl (C=O) groups is 2. The van der Waals surface area contributed by atoms with Gasteiger partial charge in [-0.1, -0.05) is 57.6 Å². The predicted molar refractivity (Wildman–Crippen MR) is 130 cm³/mol. The zero-order chi connectivity index (χ0) is 24.0. The molecule has 1 saturated carbocycles. The summed E-state index contributed by atoms with van der Waals surface area (Å²) in [5, 5.41) is 0.226. The van der Waals surface area contributed by atoms with Crippen LogP contribution in [0.25, 0.3) is 0 Å². The number of halogens is 1. The maximum atomic E-state index is 13.1. The number of hydrogen-bond acceptors (Lipinski definition) is 4. The van der Waals surface area contributed by atoms with E-state index in [2.05, 4.69) is 0 Å². The third kappa shape index (κ3) is 6.28. The minimum absolute atomic E-state index is 0.0653. The zero-order valence-corrected chi connectivity index (χ0v) is 21.3. The number of benzene rings is 1. The maximum Gasteiger partial charge on any atom is 0.255 e. The molecular weight excluding hydrogens is 462 g/mol. The highest BCUT2D eigenvalue weighted by atomic mass is 35.5. The maximum absolute atomic E-state index is 13.1. The molecule has 1 aliphatic heterocycles. The van der Waals surface area contributed by atoms with Crippen LogP contribution >= 0.6 is 11.6 Å². The molecule has 1 aliphatic carbocycles. The summed E-state index contributed by atoms with van der Waals surface area (Å²) in [5.41, 5.74) is 0.182. The van der Waals surface area contributed by atoms with Gasteiger partial charge < -0.3 is 9.80 Å². The van der Waals surface area contributed by atoms with Gasteiger partial charge in [-0.05, 0) is 30.5 Å². The summed E-state index contributed by atoms with van der Waals surface area (Å²) in [6, 6.07) is 4.28. The fraction of sp³-hybridized carbons (Fsp3) is 0.667. The Morgan fingerprint density at radius 2 is 1.61 bits per heavy atom. The second-order valence-corrected chi connectivity index (χ2v) is 11.3. The van der Waals surface area contributed by atoms with E-state index in [0.717, 1.165) is 6.42 Å². The second-order valence-electron chi connectivity index (χ2n) is 8.95. The van der Waals surface area contributed by atoms with Crippen molar-refractivity contribution in [2.24, 2.45) is 5.92 Å². The molecule has 0 spiro atoms. The van der Waals surface area contributed by atoms with Gasteiger partial charge in [0.1, 0.15) is 0 Å². The SMILES string of the molecule is CCN(CC)S(=O)(=O)c1ccc(Cl)c(C(=O)N2CCN(C(=O)CCC3CCCCC3)CC2)c1. The van der Waals surface area contributed by atoms with Crippen LogP contribution in [0.3, 0.4) is 0 Å². The number of piperazine rings is 1. The Morgan fingerprint density at radius 3 is 2.21 bits per heavy atom. The van der Waals surface area contributed by atoms with Crippen LogP contribution in [0.4, 0.5) is 0 Å². The number of amides is 2. The van der Waals surface area contributed by atoms with Crippen molar-refractivity contribution in [2.75, 3.05) is 39.3 Å². The third-order valence-electron chi connectivity index (χ3n) is 6.92. The highest BCUT2D eigenvalue weighted by Crippen LogP contribution is 2.28. The minimum Gasteiger partial charge on any atom is -0.339 e. The van der Waals surface area contributed by atoms with Crippen LogP contribution in [0.2, 0.25) is 5.02 Å². The molecule has 0 atom stereocenters. The van der Waals surface area contributed by atoms with Gasteiger partial charge in [-0.2, -0.15) is 4.31 Å². The van der Waals surface area contributed by atoms with Gasteiger partial charge in [0.2, 0.25) is 15.9 Å². The zero-order valence-electron chi connectivity index (χ0n) is 19.8. The summed E-state index contributed by atoms with van der Waals surface area (Å²) >= 11 is 6.28. The Hall–Kier alpha value is -1.64. The van der Waals surface area contributed by atoms with Crippen molar-refractivity contribution in [3.63, 3.8) is 0 Å². The first-order valence-corrected chi connectivity index (χ1v) is 14.0. The molecule has 1 aromatic carbocycles. The first-order valence-electron chi connectivity index (χ1n) is 12.1. The molecule has 1 saturated heterocycles. The van der Waals surface area contributed by atoms with E-state index in [1.807, 2.05) is 4.90 Å². The summed E-state index contributed by atoms with van der Waals surface area (Å²) in [6.45, 7) is 6.06. The number of hydrogen-bond donors (Lipinski definition) is 0. The summed E-state index contributed by atoms with van der Waals surface area (Å²) < 4.78 is 27.1. The van der Waals surface area contributed by atoms with E-state index in [1.165, 1.54) is 54.6 Å². The van der Waals surface area contributed by atoms with E-state index >= 15 is 0 Å². The summed E-state index contributed by atoms with van der Waals surface area (Å²) in [5.74, 6) is 0.538. The molecule has 33 heavy (non-hydrogen) atoms. The molecule has 9 heteroatoms. The summed E-state index contributed by atoms with van der Waals surface area (Å²) in [7, 11) is -3.69. The Balaban J connectivity index is 1.60. The Morgan fingerprint density at radius 1 is 1.00 bits per heavy atom. The van der Waals surface area contributed by atoms with Gasteiger partial charge in [0.05, 0.1) is 15.5 Å². The van der Waals surface area contributed by atoms with Gasteiger partial charge in [0, 0.05) is 45.7 Å². The van der Waals surface area contributed by atoms with E-state index < -0.39 is 10.0 Å². The molecule has 184 valence electrons. The second kappa shape index (κ2) is 11.7. The van der Waals surface area contributed by atoms with Gasteiger partial charge in [-0.25, -0.2) is 8.42 Å². The minimum atomic E-state index is -3.69. The van der Waals surface area contributed by atoms with Crippen LogP contribution in [-0.4, -0.2) is 73.6 Å². The molecule has 2 fully saturated rings. The molecule has 2 amide bonds. The van der Waals surface area contributed by atoms with Crippen LogP contribution in [0.15, 0.2) is 23.1 Å². The van der Waals surface area contributed by atoms with Gasteiger partial charge in [-0.15, -0.1) is 0 Å². The van der Waals surface area contributed by atoms with Crippen LogP contribution in [0.5, 0.6) is 0 Å². The van der Waals surface area contributed by atoms with Crippen LogP contribution in [-0.2, 0) is 14.8 Å². The van der Waals surface area contributed by atoms with Crippen LogP contribution in [0.1, 0.15) is 69.2 Å². The fourth-order valence-electron chi connectivity index (χ4n) is 4.83. The van der Waals surface area contributed by atoms with E-state index in [4.69, 9.17) is 11.6 Å². The number of carbonyl (C=O) groups excluding carboxylic acids is 2. The monoisotopic (exact) mass is 497 g/mol. The normalized spacial score (nSPS) is 18.1. The van der Waals surface area contributed by atoms with Crippen molar-refractivity contribution in [1.29, 1.82) is 0 Å². The molecular formula is C24H36ClN3O4S. The lowest BCUT2D eigenvalue weighted by Gasteiger charge is -2.35. The lowest BCUT2D eigenvalue weighted by atomic mass is 9.86. The molecule has 1 aromatic rings. The molecule has 7 nitrogen and oxygen atoms in total. The average molecular weight is 498 g/mol. The number of sulfonamides is 1. The van der Waals surface area contributed by atoms with Gasteiger partial charge in [0.25, 0.3) is 5.91 Å². The van der Waals surface area contributed by atoms with Gasteiger partial charge in [0.15, 0.2) is 0 Å². The van der Waals surface area contributed by atoms with Gasteiger partial charge >= 0.3 is 0 Å². The quantitative estimate of drug-likeness (QED) is 0.543. The standard InChI is InChI=1S/C24H36ClN3O4S/c1-3-28(4-2)33(31,32)20-11-12-22(25)21(18-20)24(30)27-16-14-26(15-17-27)23(29)13-10-19-8-6-5-7-9-19/h11-12,18-19H,3-10,13-17H2,1-2H3. The van der Waals surface area contributed by atoms with Crippen molar-refractivity contribution < 1.29 is 18.0 Å². The molecule has 2 aliphatic rings. The molecule has 0 aromatic heterocycles. The lowest BCUT2D eigenvalue weighted by molar-refractivity contribution is -0.133. The molecule has 1 heterocycles. The van der Waals surface area contributed by atoms with Crippen LogP contribution < -0.4 is 0 Å². The molecule has 0 radical (unpaired) electrons.